The van der Waals surface area contributed by atoms with Gasteiger partial charge in [-0.05, 0) is 34.0 Å². The first-order valence-corrected chi connectivity index (χ1v) is 9.29. The molecule has 0 aliphatic heterocycles. The van der Waals surface area contributed by atoms with Gasteiger partial charge in [-0.3, -0.25) is 9.48 Å². The monoisotopic (exact) mass is 387 g/mol. The molecule has 1 heterocycles. The summed E-state index contributed by atoms with van der Waals surface area (Å²) in [7, 11) is 0. The van der Waals surface area contributed by atoms with E-state index >= 15 is 0 Å². The van der Waals surface area contributed by atoms with Crippen molar-refractivity contribution in [2.45, 2.75) is 6.54 Å². The van der Waals surface area contributed by atoms with E-state index in [2.05, 4.69) is 34.7 Å². The van der Waals surface area contributed by atoms with Crippen molar-refractivity contribution in [3.8, 4) is 0 Å². The number of halogens is 1. The fraction of sp³-hybridized carbons (Fsp3) is 0.0435. The second-order valence-corrected chi connectivity index (χ2v) is 6.82. The summed E-state index contributed by atoms with van der Waals surface area (Å²) in [6, 6.07) is 21.9. The molecule has 0 aliphatic rings. The van der Waals surface area contributed by atoms with Gasteiger partial charge in [0.2, 0.25) is 5.91 Å². The van der Waals surface area contributed by atoms with Crippen LogP contribution in [0.25, 0.3) is 16.8 Å². The molecule has 1 N–H and O–H groups in total. The molecule has 4 nitrogen and oxygen atoms in total. The number of nitrogens with one attached hydrogen (secondary N) is 1. The van der Waals surface area contributed by atoms with E-state index in [4.69, 9.17) is 11.6 Å². The van der Waals surface area contributed by atoms with Crippen molar-refractivity contribution < 1.29 is 4.79 Å². The van der Waals surface area contributed by atoms with Crippen molar-refractivity contribution in [1.82, 2.24) is 9.78 Å². The fourth-order valence-corrected chi connectivity index (χ4v) is 3.28. The van der Waals surface area contributed by atoms with Crippen molar-refractivity contribution in [3.05, 3.63) is 101 Å². The van der Waals surface area contributed by atoms with E-state index in [1.807, 2.05) is 47.3 Å². The first kappa shape index (κ1) is 18.0. The van der Waals surface area contributed by atoms with Gasteiger partial charge in [0.15, 0.2) is 0 Å². The molecule has 0 fully saturated rings. The Morgan fingerprint density at radius 2 is 1.82 bits per heavy atom. The highest BCUT2D eigenvalue weighted by Gasteiger charge is 2.05. The van der Waals surface area contributed by atoms with E-state index in [0.717, 1.165) is 5.56 Å². The standard InChI is InChI=1S/C23H18ClN3O/c24-22-11-4-2-7-18(22)12-13-23(28)26-20-14-25-27(16-20)15-19-9-5-8-17-6-1-3-10-21(17)19/h1-14,16H,15H2,(H,26,28)/b13-12+. The topological polar surface area (TPSA) is 46.9 Å². The predicted molar refractivity (Wildman–Crippen MR) is 114 cm³/mol. The Morgan fingerprint density at radius 3 is 2.71 bits per heavy atom. The first-order valence-electron chi connectivity index (χ1n) is 8.92. The van der Waals surface area contributed by atoms with Gasteiger partial charge in [-0.2, -0.15) is 5.10 Å². The Hall–Kier alpha value is -3.37. The number of rotatable bonds is 5. The highest BCUT2D eigenvalue weighted by molar-refractivity contribution is 6.32. The van der Waals surface area contributed by atoms with Crippen molar-refractivity contribution in [2.75, 3.05) is 5.32 Å². The minimum absolute atomic E-state index is 0.232. The van der Waals surface area contributed by atoms with Crippen LogP contribution in [-0.4, -0.2) is 15.7 Å². The molecule has 1 aromatic heterocycles. The molecule has 0 unspecified atom stereocenters. The Labute approximate surface area is 168 Å². The molecule has 4 rings (SSSR count). The Kier molecular flexibility index (Phi) is 5.22. The number of anilines is 1. The molecule has 28 heavy (non-hydrogen) atoms. The fourth-order valence-electron chi connectivity index (χ4n) is 3.08. The van der Waals surface area contributed by atoms with Crippen molar-refractivity contribution in [2.24, 2.45) is 0 Å². The predicted octanol–water partition coefficient (Wildman–Crippen LogP) is 5.39. The average molecular weight is 388 g/mol. The average Bonchev–Trinajstić information content (AvgIpc) is 3.14. The van der Waals surface area contributed by atoms with Crippen LogP contribution in [0.5, 0.6) is 0 Å². The molecule has 0 saturated heterocycles. The summed E-state index contributed by atoms with van der Waals surface area (Å²) in [6.07, 6.45) is 6.62. The quantitative estimate of drug-likeness (QED) is 0.467. The molecule has 0 aliphatic carbocycles. The third-order valence-electron chi connectivity index (χ3n) is 4.43. The van der Waals surface area contributed by atoms with Gasteiger partial charge in [0.1, 0.15) is 0 Å². The molecule has 0 atom stereocenters. The van der Waals surface area contributed by atoms with Gasteiger partial charge < -0.3 is 5.32 Å². The molecule has 0 radical (unpaired) electrons. The largest absolute Gasteiger partial charge is 0.320 e. The highest BCUT2D eigenvalue weighted by atomic mass is 35.5. The number of fused-ring (bicyclic) bond motifs is 1. The summed E-state index contributed by atoms with van der Waals surface area (Å²) in [6.45, 7) is 0.632. The minimum atomic E-state index is -0.232. The van der Waals surface area contributed by atoms with Crippen LogP contribution in [-0.2, 0) is 11.3 Å². The minimum Gasteiger partial charge on any atom is -0.320 e. The Balaban J connectivity index is 1.44. The van der Waals surface area contributed by atoms with Crippen molar-refractivity contribution in [1.29, 1.82) is 0 Å². The van der Waals surface area contributed by atoms with Crippen LogP contribution >= 0.6 is 11.6 Å². The van der Waals surface area contributed by atoms with Crippen LogP contribution in [0.4, 0.5) is 5.69 Å². The van der Waals surface area contributed by atoms with Gasteiger partial charge in [0.25, 0.3) is 0 Å². The van der Waals surface area contributed by atoms with E-state index in [1.54, 1.807) is 18.3 Å². The van der Waals surface area contributed by atoms with Gasteiger partial charge in [-0.1, -0.05) is 72.3 Å². The van der Waals surface area contributed by atoms with E-state index in [0.29, 0.717) is 17.3 Å². The summed E-state index contributed by atoms with van der Waals surface area (Å²) in [5, 5.41) is 10.2. The molecular weight excluding hydrogens is 370 g/mol. The molecule has 0 saturated carbocycles. The molecule has 5 heteroatoms. The number of nitrogens with zero attached hydrogens (tertiary/aromatic N) is 2. The molecule has 1 amide bonds. The smallest absolute Gasteiger partial charge is 0.248 e. The molecule has 0 spiro atoms. The lowest BCUT2D eigenvalue weighted by molar-refractivity contribution is -0.111. The maximum absolute atomic E-state index is 12.2. The third kappa shape index (κ3) is 4.13. The van der Waals surface area contributed by atoms with E-state index in [-0.39, 0.29) is 5.91 Å². The number of hydrogen-bond donors (Lipinski definition) is 1. The summed E-state index contributed by atoms with van der Waals surface area (Å²) >= 11 is 6.09. The van der Waals surface area contributed by atoms with Crippen molar-refractivity contribution in [3.63, 3.8) is 0 Å². The van der Waals surface area contributed by atoms with Gasteiger partial charge in [-0.25, -0.2) is 0 Å². The molecular formula is C23H18ClN3O. The van der Waals surface area contributed by atoms with E-state index < -0.39 is 0 Å². The van der Waals surface area contributed by atoms with Gasteiger partial charge in [-0.15, -0.1) is 0 Å². The summed E-state index contributed by atoms with van der Waals surface area (Å²) in [5.74, 6) is -0.232. The van der Waals surface area contributed by atoms with E-state index in [9.17, 15) is 4.79 Å². The Morgan fingerprint density at radius 1 is 1.04 bits per heavy atom. The number of carbonyl (C=O) groups excluding carboxylic acids is 1. The number of hydrogen-bond acceptors (Lipinski definition) is 2. The van der Waals surface area contributed by atoms with Crippen LogP contribution in [0.1, 0.15) is 11.1 Å². The van der Waals surface area contributed by atoms with Crippen LogP contribution in [0, 0.1) is 0 Å². The van der Waals surface area contributed by atoms with Crippen LogP contribution < -0.4 is 5.32 Å². The molecule has 4 aromatic rings. The lowest BCUT2D eigenvalue weighted by atomic mass is 10.0. The summed E-state index contributed by atoms with van der Waals surface area (Å²) < 4.78 is 1.81. The second kappa shape index (κ2) is 8.11. The van der Waals surface area contributed by atoms with E-state index in [1.165, 1.54) is 22.4 Å². The lowest BCUT2D eigenvalue weighted by Gasteiger charge is -2.06. The zero-order valence-corrected chi connectivity index (χ0v) is 15.8. The Bertz CT molecular complexity index is 1160. The SMILES string of the molecule is O=C(/C=C/c1ccccc1Cl)Nc1cnn(Cc2cccc3ccccc23)c1. The summed E-state index contributed by atoms with van der Waals surface area (Å²) in [5.41, 5.74) is 2.62. The van der Waals surface area contributed by atoms with Gasteiger partial charge in [0, 0.05) is 17.3 Å². The normalized spacial score (nSPS) is 11.2. The number of amides is 1. The molecule has 0 bridgehead atoms. The number of carbonyl (C=O) groups is 1. The molecule has 138 valence electrons. The maximum atomic E-state index is 12.2. The van der Waals surface area contributed by atoms with Crippen LogP contribution in [0.15, 0.2) is 85.2 Å². The lowest BCUT2D eigenvalue weighted by Crippen LogP contribution is -2.07. The molecule has 3 aromatic carbocycles. The van der Waals surface area contributed by atoms with Gasteiger partial charge in [0.05, 0.1) is 18.4 Å². The zero-order chi connectivity index (χ0) is 19.3. The zero-order valence-electron chi connectivity index (χ0n) is 15.0. The highest BCUT2D eigenvalue weighted by Crippen LogP contribution is 2.20. The van der Waals surface area contributed by atoms with Gasteiger partial charge >= 0.3 is 0 Å². The number of aromatic nitrogens is 2. The van der Waals surface area contributed by atoms with Crippen molar-refractivity contribution >= 4 is 40.0 Å². The number of benzene rings is 3. The maximum Gasteiger partial charge on any atom is 0.248 e. The van der Waals surface area contributed by atoms with Crippen LogP contribution in [0.2, 0.25) is 5.02 Å². The van der Waals surface area contributed by atoms with Crippen LogP contribution in [0.3, 0.4) is 0 Å². The second-order valence-electron chi connectivity index (χ2n) is 6.41. The first-order chi connectivity index (χ1) is 13.7. The third-order valence-corrected chi connectivity index (χ3v) is 4.78. The summed E-state index contributed by atoms with van der Waals surface area (Å²) in [4.78, 5) is 12.2.